The number of non-ortho nitro benzene ring substituents is 1. The van der Waals surface area contributed by atoms with Crippen LogP contribution in [0.4, 0.5) is 10.8 Å². The van der Waals surface area contributed by atoms with E-state index in [-0.39, 0.29) is 30.5 Å². The maximum Gasteiger partial charge on any atom is 0.269 e. The van der Waals surface area contributed by atoms with Crippen molar-refractivity contribution >= 4 is 49.5 Å². The van der Waals surface area contributed by atoms with Gasteiger partial charge in [-0.1, -0.05) is 35.1 Å². The summed E-state index contributed by atoms with van der Waals surface area (Å²) in [5, 5.41) is 13.5. The number of rotatable bonds is 5. The first-order chi connectivity index (χ1) is 12.8. The Morgan fingerprint density at radius 1 is 1.15 bits per heavy atom. The number of nitro benzene ring substituents is 1. The standard InChI is InChI=1S/C16H10ClN3O5S2/c17-13-4-2-1-3-12(13)15(21)19-16-18-9-14(26-16)27(24,25)11-7-5-10(6-8-11)20(22)23/h1-9H,(H,18,19,21). The second-order valence-electron chi connectivity index (χ2n) is 5.17. The van der Waals surface area contributed by atoms with Gasteiger partial charge in [-0.05, 0) is 24.3 Å². The van der Waals surface area contributed by atoms with E-state index in [2.05, 4.69) is 10.3 Å². The smallest absolute Gasteiger partial charge is 0.269 e. The molecular formula is C16H10ClN3O5S2. The van der Waals surface area contributed by atoms with Gasteiger partial charge in [0.05, 0.1) is 26.6 Å². The first-order valence-corrected chi connectivity index (χ1v) is 9.98. The van der Waals surface area contributed by atoms with Crippen LogP contribution in [-0.2, 0) is 9.84 Å². The fourth-order valence-electron chi connectivity index (χ4n) is 2.11. The Balaban J connectivity index is 1.83. The molecule has 0 aliphatic rings. The van der Waals surface area contributed by atoms with Gasteiger partial charge in [0.15, 0.2) is 5.13 Å². The van der Waals surface area contributed by atoms with E-state index in [0.29, 0.717) is 0 Å². The van der Waals surface area contributed by atoms with Crippen LogP contribution in [0.15, 0.2) is 63.8 Å². The quantitative estimate of drug-likeness (QED) is 0.492. The van der Waals surface area contributed by atoms with Crippen LogP contribution in [-0.4, -0.2) is 24.2 Å². The minimum atomic E-state index is -3.91. The van der Waals surface area contributed by atoms with Crippen LogP contribution in [0.2, 0.25) is 5.02 Å². The summed E-state index contributed by atoms with van der Waals surface area (Å²) < 4.78 is 25.1. The Kier molecular flexibility index (Phi) is 5.22. The van der Waals surface area contributed by atoms with Gasteiger partial charge < -0.3 is 0 Å². The van der Waals surface area contributed by atoms with E-state index in [0.717, 1.165) is 41.8 Å². The minimum Gasteiger partial charge on any atom is -0.298 e. The van der Waals surface area contributed by atoms with Gasteiger partial charge in [0.2, 0.25) is 9.84 Å². The predicted octanol–water partition coefficient (Wildman–Crippen LogP) is 3.79. The zero-order valence-corrected chi connectivity index (χ0v) is 15.7. The van der Waals surface area contributed by atoms with E-state index < -0.39 is 20.7 Å². The molecule has 27 heavy (non-hydrogen) atoms. The highest BCUT2D eigenvalue weighted by Crippen LogP contribution is 2.30. The Morgan fingerprint density at radius 3 is 2.44 bits per heavy atom. The van der Waals surface area contributed by atoms with E-state index in [1.807, 2.05) is 0 Å². The number of hydrogen-bond acceptors (Lipinski definition) is 7. The molecule has 0 saturated heterocycles. The lowest BCUT2D eigenvalue weighted by Gasteiger charge is -2.03. The number of hydrogen-bond donors (Lipinski definition) is 1. The molecule has 0 saturated carbocycles. The number of amides is 1. The van der Waals surface area contributed by atoms with Gasteiger partial charge >= 0.3 is 0 Å². The molecule has 8 nitrogen and oxygen atoms in total. The Morgan fingerprint density at radius 2 is 1.81 bits per heavy atom. The molecule has 0 bridgehead atoms. The fraction of sp³-hybridized carbons (Fsp3) is 0. The van der Waals surface area contributed by atoms with E-state index in [1.165, 1.54) is 6.07 Å². The summed E-state index contributed by atoms with van der Waals surface area (Å²) in [6, 6.07) is 10.9. The van der Waals surface area contributed by atoms with Gasteiger partial charge in [-0.3, -0.25) is 20.2 Å². The average molecular weight is 424 g/mol. The number of sulfone groups is 1. The molecule has 1 aromatic heterocycles. The fourth-order valence-corrected chi connectivity index (χ4v) is 4.76. The number of carbonyl (C=O) groups is 1. The molecule has 1 heterocycles. The average Bonchev–Trinajstić information content (AvgIpc) is 3.11. The van der Waals surface area contributed by atoms with Crippen LogP contribution in [0.25, 0.3) is 0 Å². The second-order valence-corrected chi connectivity index (χ2v) is 8.79. The molecule has 3 aromatic rings. The number of nitrogens with one attached hydrogen (secondary N) is 1. The summed E-state index contributed by atoms with van der Waals surface area (Å²) >= 11 is 6.72. The lowest BCUT2D eigenvalue weighted by atomic mass is 10.2. The summed E-state index contributed by atoms with van der Waals surface area (Å²) in [6.45, 7) is 0. The molecule has 1 N–H and O–H groups in total. The van der Waals surface area contributed by atoms with Crippen molar-refractivity contribution in [3.05, 3.63) is 75.4 Å². The van der Waals surface area contributed by atoms with E-state index in [1.54, 1.807) is 18.2 Å². The topological polar surface area (TPSA) is 119 Å². The van der Waals surface area contributed by atoms with Gasteiger partial charge in [0, 0.05) is 12.1 Å². The SMILES string of the molecule is O=C(Nc1ncc(S(=O)(=O)c2ccc([N+](=O)[O-])cc2)s1)c1ccccc1Cl. The minimum absolute atomic E-state index is 0.0837. The van der Waals surface area contributed by atoms with Crippen molar-refractivity contribution in [2.24, 2.45) is 0 Å². The molecule has 11 heteroatoms. The van der Waals surface area contributed by atoms with Crippen LogP contribution in [0.1, 0.15) is 10.4 Å². The largest absolute Gasteiger partial charge is 0.298 e. The molecule has 0 radical (unpaired) electrons. The molecule has 0 spiro atoms. The van der Waals surface area contributed by atoms with E-state index in [4.69, 9.17) is 11.6 Å². The van der Waals surface area contributed by atoms with Gasteiger partial charge in [-0.2, -0.15) is 0 Å². The molecule has 0 aliphatic carbocycles. The molecule has 138 valence electrons. The highest BCUT2D eigenvalue weighted by molar-refractivity contribution is 7.93. The summed E-state index contributed by atoms with van der Waals surface area (Å²) in [5.41, 5.74) is 0.0140. The lowest BCUT2D eigenvalue weighted by Crippen LogP contribution is -2.11. The molecule has 2 aromatic carbocycles. The van der Waals surface area contributed by atoms with Crippen molar-refractivity contribution in [2.75, 3.05) is 5.32 Å². The number of aromatic nitrogens is 1. The molecule has 0 unspecified atom stereocenters. The van der Waals surface area contributed by atoms with Gasteiger partial charge in [0.1, 0.15) is 4.21 Å². The zero-order chi connectivity index (χ0) is 19.6. The third-order valence-corrected chi connectivity index (χ3v) is 6.92. The summed E-state index contributed by atoms with van der Waals surface area (Å²) in [7, 11) is -3.91. The molecule has 0 fully saturated rings. The third-order valence-electron chi connectivity index (χ3n) is 3.45. The van der Waals surface area contributed by atoms with Crippen molar-refractivity contribution in [1.29, 1.82) is 0 Å². The first kappa shape index (κ1) is 19.0. The van der Waals surface area contributed by atoms with Crippen LogP contribution in [0.3, 0.4) is 0 Å². The molecule has 1 amide bonds. The van der Waals surface area contributed by atoms with Gasteiger partial charge in [-0.15, -0.1) is 0 Å². The number of halogens is 1. The second kappa shape index (κ2) is 7.43. The highest BCUT2D eigenvalue weighted by Gasteiger charge is 2.22. The normalized spacial score (nSPS) is 11.1. The van der Waals surface area contributed by atoms with Crippen molar-refractivity contribution in [1.82, 2.24) is 4.98 Å². The van der Waals surface area contributed by atoms with Crippen LogP contribution < -0.4 is 5.32 Å². The zero-order valence-electron chi connectivity index (χ0n) is 13.3. The first-order valence-electron chi connectivity index (χ1n) is 7.30. The number of benzene rings is 2. The molecule has 3 rings (SSSR count). The number of thiazole rings is 1. The monoisotopic (exact) mass is 423 g/mol. The number of anilines is 1. The van der Waals surface area contributed by atoms with Gasteiger partial charge in [0.25, 0.3) is 11.6 Å². The van der Waals surface area contributed by atoms with Crippen molar-refractivity contribution in [3.63, 3.8) is 0 Å². The Bertz CT molecular complexity index is 1130. The summed E-state index contributed by atoms with van der Waals surface area (Å²) in [4.78, 5) is 26.1. The Labute approximate surface area is 162 Å². The van der Waals surface area contributed by atoms with Gasteiger partial charge in [-0.25, -0.2) is 13.4 Å². The third kappa shape index (κ3) is 3.97. The maximum atomic E-state index is 12.6. The van der Waals surface area contributed by atoms with Crippen LogP contribution >= 0.6 is 22.9 Å². The van der Waals surface area contributed by atoms with Crippen LogP contribution in [0, 0.1) is 10.1 Å². The predicted molar refractivity (Wildman–Crippen MR) is 100 cm³/mol. The van der Waals surface area contributed by atoms with E-state index in [9.17, 15) is 23.3 Å². The van der Waals surface area contributed by atoms with Crippen molar-refractivity contribution < 1.29 is 18.1 Å². The molecule has 0 atom stereocenters. The Hall–Kier alpha value is -2.82. The molecule has 0 aliphatic heterocycles. The van der Waals surface area contributed by atoms with Crippen LogP contribution in [0.5, 0.6) is 0 Å². The number of nitro groups is 1. The summed E-state index contributed by atoms with van der Waals surface area (Å²) in [5.74, 6) is -0.519. The maximum absolute atomic E-state index is 12.6. The van der Waals surface area contributed by atoms with E-state index >= 15 is 0 Å². The number of nitrogens with zero attached hydrogens (tertiary/aromatic N) is 2. The molecular weight excluding hydrogens is 414 g/mol. The highest BCUT2D eigenvalue weighted by atomic mass is 35.5. The van der Waals surface area contributed by atoms with Crippen molar-refractivity contribution in [2.45, 2.75) is 9.10 Å². The summed E-state index contributed by atoms with van der Waals surface area (Å²) in [6.07, 6.45) is 1.11. The number of carbonyl (C=O) groups excluding carboxylic acids is 1. The lowest BCUT2D eigenvalue weighted by molar-refractivity contribution is -0.384. The van der Waals surface area contributed by atoms with Crippen molar-refractivity contribution in [3.8, 4) is 0 Å².